The monoisotopic (exact) mass is 208 g/mol. The zero-order valence-electron chi connectivity index (χ0n) is 8.09. The molecule has 4 N–H and O–H groups in total. The number of carbonyl (C=O) groups is 1. The van der Waals surface area contributed by atoms with Crippen LogP contribution in [0.3, 0.4) is 0 Å². The first-order valence-corrected chi connectivity index (χ1v) is 4.71. The third-order valence-electron chi connectivity index (χ3n) is 2.31. The lowest BCUT2D eigenvalue weighted by atomic mass is 9.90. The van der Waals surface area contributed by atoms with E-state index in [-0.39, 0.29) is 17.8 Å². The summed E-state index contributed by atoms with van der Waals surface area (Å²) < 4.78 is 5.45. The maximum atomic E-state index is 10.7. The van der Waals surface area contributed by atoms with Gasteiger partial charge in [0.2, 0.25) is 5.88 Å². The van der Waals surface area contributed by atoms with Crippen molar-refractivity contribution in [3.63, 3.8) is 0 Å². The highest BCUT2D eigenvalue weighted by atomic mass is 16.5. The van der Waals surface area contributed by atoms with Crippen LogP contribution in [-0.2, 0) is 0 Å². The van der Waals surface area contributed by atoms with E-state index in [4.69, 9.17) is 16.2 Å². The summed E-state index contributed by atoms with van der Waals surface area (Å²) in [6, 6.07) is 3.30. The van der Waals surface area contributed by atoms with Crippen molar-refractivity contribution in [2.45, 2.75) is 25.0 Å². The highest BCUT2D eigenvalue weighted by molar-refractivity contribution is 5.90. The minimum Gasteiger partial charge on any atom is -0.473 e. The molecule has 1 aromatic heterocycles. The molecule has 0 aromatic carbocycles. The van der Waals surface area contributed by atoms with E-state index in [2.05, 4.69) is 10.2 Å². The lowest BCUT2D eigenvalue weighted by molar-refractivity contribution is 0.0940. The molecule has 1 aliphatic rings. The van der Waals surface area contributed by atoms with Crippen molar-refractivity contribution in [3.8, 4) is 5.88 Å². The lowest BCUT2D eigenvalue weighted by Gasteiger charge is -2.31. The molecule has 0 atom stereocenters. The first-order chi connectivity index (χ1) is 7.15. The fourth-order valence-corrected chi connectivity index (χ4v) is 1.39. The standard InChI is InChI=1S/C9H12N4O2/c10-5-3-6(4-5)15-8-2-1-7(9(11)14)12-13-8/h1-2,5-6H,3-4,10H2,(H2,11,14). The number of hydrogen-bond donors (Lipinski definition) is 2. The average Bonchev–Trinajstić information content (AvgIpc) is 2.16. The second kappa shape index (κ2) is 3.82. The van der Waals surface area contributed by atoms with Crippen molar-refractivity contribution in [1.82, 2.24) is 10.2 Å². The minimum absolute atomic E-state index is 0.119. The summed E-state index contributed by atoms with van der Waals surface area (Å²) in [5.74, 6) is -0.198. The van der Waals surface area contributed by atoms with Crippen LogP contribution in [0.25, 0.3) is 0 Å². The molecule has 6 heteroatoms. The van der Waals surface area contributed by atoms with E-state index in [1.54, 1.807) is 6.07 Å². The molecule has 0 bridgehead atoms. The molecule has 0 unspecified atom stereocenters. The second-order valence-corrected chi connectivity index (χ2v) is 3.59. The number of ether oxygens (including phenoxy) is 1. The van der Waals surface area contributed by atoms with Gasteiger partial charge in [-0.2, -0.15) is 0 Å². The molecule has 1 heterocycles. The fraction of sp³-hybridized carbons (Fsp3) is 0.444. The summed E-state index contributed by atoms with van der Waals surface area (Å²) in [5, 5.41) is 7.36. The molecule has 1 aliphatic carbocycles. The number of hydrogen-bond acceptors (Lipinski definition) is 5. The van der Waals surface area contributed by atoms with Gasteiger partial charge < -0.3 is 16.2 Å². The zero-order chi connectivity index (χ0) is 10.8. The molecule has 6 nitrogen and oxygen atoms in total. The average molecular weight is 208 g/mol. The Bertz CT molecular complexity index is 359. The summed E-state index contributed by atoms with van der Waals surface area (Å²) in [4.78, 5) is 10.7. The lowest BCUT2D eigenvalue weighted by Crippen LogP contribution is -2.43. The van der Waals surface area contributed by atoms with Crippen LogP contribution >= 0.6 is 0 Å². The predicted molar refractivity (Wildman–Crippen MR) is 52.2 cm³/mol. The second-order valence-electron chi connectivity index (χ2n) is 3.59. The Morgan fingerprint density at radius 3 is 2.60 bits per heavy atom. The normalized spacial score (nSPS) is 24.3. The Hall–Kier alpha value is -1.69. The third-order valence-corrected chi connectivity index (χ3v) is 2.31. The molecule has 1 aromatic rings. The van der Waals surface area contributed by atoms with Gasteiger partial charge in [0.25, 0.3) is 5.91 Å². The molecular weight excluding hydrogens is 196 g/mol. The third kappa shape index (κ3) is 2.21. The van der Waals surface area contributed by atoms with Gasteiger partial charge in [0.05, 0.1) is 0 Å². The van der Waals surface area contributed by atoms with Crippen LogP contribution < -0.4 is 16.2 Å². The number of rotatable bonds is 3. The molecule has 1 amide bonds. The van der Waals surface area contributed by atoms with E-state index in [1.807, 2.05) is 0 Å². The van der Waals surface area contributed by atoms with Crippen LogP contribution in [-0.4, -0.2) is 28.3 Å². The quantitative estimate of drug-likeness (QED) is 0.693. The molecule has 15 heavy (non-hydrogen) atoms. The van der Waals surface area contributed by atoms with Gasteiger partial charge in [0, 0.05) is 12.1 Å². The number of primary amides is 1. The van der Waals surface area contributed by atoms with Gasteiger partial charge in [-0.25, -0.2) is 0 Å². The van der Waals surface area contributed by atoms with E-state index in [0.717, 1.165) is 12.8 Å². The molecule has 1 fully saturated rings. The molecule has 2 rings (SSSR count). The molecule has 0 aliphatic heterocycles. The van der Waals surface area contributed by atoms with Crippen molar-refractivity contribution in [2.75, 3.05) is 0 Å². The van der Waals surface area contributed by atoms with E-state index < -0.39 is 5.91 Å². The highest BCUT2D eigenvalue weighted by Crippen LogP contribution is 2.22. The molecule has 0 radical (unpaired) electrons. The molecular formula is C9H12N4O2. The molecule has 0 spiro atoms. The maximum absolute atomic E-state index is 10.7. The number of carbonyl (C=O) groups excluding carboxylic acids is 1. The minimum atomic E-state index is -0.597. The Morgan fingerprint density at radius 1 is 1.40 bits per heavy atom. The Balaban J connectivity index is 1.95. The highest BCUT2D eigenvalue weighted by Gasteiger charge is 2.28. The van der Waals surface area contributed by atoms with Gasteiger partial charge in [-0.15, -0.1) is 10.2 Å². The van der Waals surface area contributed by atoms with Crippen molar-refractivity contribution >= 4 is 5.91 Å². The Labute approximate surface area is 86.6 Å². The van der Waals surface area contributed by atoms with Crippen molar-refractivity contribution < 1.29 is 9.53 Å². The maximum Gasteiger partial charge on any atom is 0.269 e. The van der Waals surface area contributed by atoms with Gasteiger partial charge >= 0.3 is 0 Å². The van der Waals surface area contributed by atoms with Crippen LogP contribution in [0.15, 0.2) is 12.1 Å². The van der Waals surface area contributed by atoms with E-state index in [1.165, 1.54) is 6.07 Å². The number of nitrogens with zero attached hydrogens (tertiary/aromatic N) is 2. The number of aromatic nitrogens is 2. The summed E-state index contributed by atoms with van der Waals surface area (Å²) >= 11 is 0. The van der Waals surface area contributed by atoms with Gasteiger partial charge in [0.1, 0.15) is 6.10 Å². The summed E-state index contributed by atoms with van der Waals surface area (Å²) in [7, 11) is 0. The first kappa shape index (κ1) is 9.85. The van der Waals surface area contributed by atoms with Gasteiger partial charge in [-0.3, -0.25) is 4.79 Å². The van der Waals surface area contributed by atoms with Gasteiger partial charge in [-0.1, -0.05) is 0 Å². The zero-order valence-corrected chi connectivity index (χ0v) is 8.09. The Morgan fingerprint density at radius 2 is 2.13 bits per heavy atom. The number of amides is 1. The van der Waals surface area contributed by atoms with Crippen molar-refractivity contribution in [3.05, 3.63) is 17.8 Å². The summed E-state index contributed by atoms with van der Waals surface area (Å²) in [6.07, 6.45) is 1.78. The SMILES string of the molecule is NC(=O)c1ccc(OC2CC(N)C2)nn1. The topological polar surface area (TPSA) is 104 Å². The summed E-state index contributed by atoms with van der Waals surface area (Å²) in [6.45, 7) is 0. The van der Waals surface area contributed by atoms with E-state index >= 15 is 0 Å². The smallest absolute Gasteiger partial charge is 0.269 e. The van der Waals surface area contributed by atoms with Crippen LogP contribution in [0.4, 0.5) is 0 Å². The van der Waals surface area contributed by atoms with Crippen LogP contribution in [0.1, 0.15) is 23.3 Å². The van der Waals surface area contributed by atoms with Gasteiger partial charge in [-0.05, 0) is 18.9 Å². The van der Waals surface area contributed by atoms with Gasteiger partial charge in [0.15, 0.2) is 5.69 Å². The van der Waals surface area contributed by atoms with Crippen LogP contribution in [0.2, 0.25) is 0 Å². The fourth-order valence-electron chi connectivity index (χ4n) is 1.39. The van der Waals surface area contributed by atoms with Crippen LogP contribution in [0.5, 0.6) is 5.88 Å². The Kier molecular flexibility index (Phi) is 2.51. The predicted octanol–water partition coefficient (Wildman–Crippen LogP) is -0.556. The summed E-state index contributed by atoms with van der Waals surface area (Å²) in [5.41, 5.74) is 10.8. The molecule has 0 saturated heterocycles. The first-order valence-electron chi connectivity index (χ1n) is 4.71. The van der Waals surface area contributed by atoms with E-state index in [0.29, 0.717) is 5.88 Å². The molecule has 1 saturated carbocycles. The largest absolute Gasteiger partial charge is 0.473 e. The molecule has 80 valence electrons. The van der Waals surface area contributed by atoms with Crippen LogP contribution in [0, 0.1) is 0 Å². The van der Waals surface area contributed by atoms with Crippen molar-refractivity contribution in [1.29, 1.82) is 0 Å². The van der Waals surface area contributed by atoms with E-state index in [9.17, 15) is 4.79 Å². The van der Waals surface area contributed by atoms with Crippen molar-refractivity contribution in [2.24, 2.45) is 11.5 Å². The number of nitrogens with two attached hydrogens (primary N) is 2.